The topological polar surface area (TPSA) is 99.5 Å². The number of hydrogen-bond acceptors (Lipinski definition) is 6. The van der Waals surface area contributed by atoms with Crippen molar-refractivity contribution in [3.63, 3.8) is 0 Å². The molecular weight excluding hydrogens is 446 g/mol. The van der Waals surface area contributed by atoms with Gasteiger partial charge < -0.3 is 15.0 Å². The molecule has 170 valence electrons. The molecule has 2 heterocycles. The fourth-order valence-corrected chi connectivity index (χ4v) is 5.29. The van der Waals surface area contributed by atoms with Gasteiger partial charge in [0, 0.05) is 44.9 Å². The number of nitrogens with one attached hydrogen (secondary N) is 1. The average Bonchev–Trinajstić information content (AvgIpc) is 3.01. The van der Waals surface area contributed by atoms with Crippen molar-refractivity contribution in [2.45, 2.75) is 63.6 Å². The lowest BCUT2D eigenvalue weighted by molar-refractivity contribution is -0.115. The van der Waals surface area contributed by atoms with Gasteiger partial charge in [0.1, 0.15) is 16.7 Å². The Hall–Kier alpha value is -2.70. The zero-order valence-corrected chi connectivity index (χ0v) is 20.5. The molecule has 1 aliphatic rings. The lowest BCUT2D eigenvalue weighted by Gasteiger charge is -2.34. The van der Waals surface area contributed by atoms with Crippen LogP contribution in [0.15, 0.2) is 29.2 Å². The Balaban J connectivity index is 1.75. The van der Waals surface area contributed by atoms with E-state index in [4.69, 9.17) is 4.74 Å². The molecule has 2 atom stereocenters. The van der Waals surface area contributed by atoms with Crippen molar-refractivity contribution in [1.82, 2.24) is 4.90 Å². The van der Waals surface area contributed by atoms with E-state index in [2.05, 4.69) is 11.4 Å². The number of nitriles is 1. The van der Waals surface area contributed by atoms with Crippen LogP contribution in [0.25, 0.3) is 0 Å². The van der Waals surface area contributed by atoms with Crippen molar-refractivity contribution >= 4 is 39.1 Å². The molecule has 0 saturated carbocycles. The molecule has 32 heavy (non-hydrogen) atoms. The summed E-state index contributed by atoms with van der Waals surface area (Å²) in [6, 6.07) is 9.17. The molecule has 0 bridgehead atoms. The molecule has 1 aromatic heterocycles. The number of nitrogens with zero attached hydrogens (tertiary/aromatic N) is 2. The number of fused-ring (bicyclic) bond motifs is 1. The third-order valence-corrected chi connectivity index (χ3v) is 7.15. The second kappa shape index (κ2) is 9.43. The van der Waals surface area contributed by atoms with E-state index in [1.54, 1.807) is 35.4 Å². The van der Waals surface area contributed by atoms with Crippen molar-refractivity contribution in [1.29, 1.82) is 5.26 Å². The standard InChI is InChI=1S/C23H27N3O4S2/c1-14-10-19-18(13-26(14)22(28)30-23(2,3)4)17(12-24)21(31-19)25-20(27)11-15-6-8-16(9-7-15)32(5)29/h6-9,14H,10-11,13H2,1-5H3,(H,25,27). The first-order valence-corrected chi connectivity index (χ1v) is 12.6. The molecule has 2 aromatic rings. The Morgan fingerprint density at radius 3 is 2.53 bits per heavy atom. The van der Waals surface area contributed by atoms with Crippen LogP contribution in [0.3, 0.4) is 0 Å². The molecule has 1 N–H and O–H groups in total. The SMILES string of the molecule is CC1Cc2sc(NC(=O)Cc3ccc(S(C)=O)cc3)c(C#N)c2CN1C(=O)OC(C)(C)C. The Kier molecular flexibility index (Phi) is 7.06. The Morgan fingerprint density at radius 1 is 1.31 bits per heavy atom. The number of ether oxygens (including phenoxy) is 1. The van der Waals surface area contributed by atoms with Crippen molar-refractivity contribution in [2.75, 3.05) is 11.6 Å². The summed E-state index contributed by atoms with van der Waals surface area (Å²) >= 11 is 1.39. The van der Waals surface area contributed by atoms with Crippen LogP contribution < -0.4 is 5.32 Å². The predicted molar refractivity (Wildman–Crippen MR) is 125 cm³/mol. The number of benzene rings is 1. The summed E-state index contributed by atoms with van der Waals surface area (Å²) in [5, 5.41) is 13.1. The maximum absolute atomic E-state index is 12.6. The summed E-state index contributed by atoms with van der Waals surface area (Å²) in [6.45, 7) is 7.68. The summed E-state index contributed by atoms with van der Waals surface area (Å²) in [5.41, 5.74) is 1.36. The fraction of sp³-hybridized carbons (Fsp3) is 0.435. The van der Waals surface area contributed by atoms with Crippen LogP contribution in [0, 0.1) is 11.3 Å². The molecule has 1 aliphatic heterocycles. The van der Waals surface area contributed by atoms with Crippen LogP contribution in [-0.2, 0) is 39.7 Å². The van der Waals surface area contributed by atoms with Gasteiger partial charge in [-0.25, -0.2) is 4.79 Å². The molecule has 0 fully saturated rings. The quantitative estimate of drug-likeness (QED) is 0.717. The molecular formula is C23H27N3O4S2. The minimum atomic E-state index is -1.07. The minimum Gasteiger partial charge on any atom is -0.444 e. The first-order chi connectivity index (χ1) is 15.0. The van der Waals surface area contributed by atoms with E-state index in [0.29, 0.717) is 21.9 Å². The molecule has 0 saturated heterocycles. The molecule has 2 amide bonds. The van der Waals surface area contributed by atoms with Crippen molar-refractivity contribution in [3.8, 4) is 6.07 Å². The number of anilines is 1. The number of carbonyl (C=O) groups excluding carboxylic acids is 2. The predicted octanol–water partition coefficient (Wildman–Crippen LogP) is 4.22. The highest BCUT2D eigenvalue weighted by molar-refractivity contribution is 7.84. The van der Waals surface area contributed by atoms with E-state index < -0.39 is 22.5 Å². The Morgan fingerprint density at radius 2 is 1.97 bits per heavy atom. The second-order valence-corrected chi connectivity index (χ2v) is 11.3. The minimum absolute atomic E-state index is 0.0753. The van der Waals surface area contributed by atoms with E-state index in [1.165, 1.54) is 11.3 Å². The summed E-state index contributed by atoms with van der Waals surface area (Å²) < 4.78 is 17.0. The highest BCUT2D eigenvalue weighted by Gasteiger charge is 2.34. The molecule has 0 spiro atoms. The van der Waals surface area contributed by atoms with E-state index in [1.807, 2.05) is 27.7 Å². The van der Waals surface area contributed by atoms with Crippen LogP contribution in [0.5, 0.6) is 0 Å². The number of hydrogen-bond donors (Lipinski definition) is 1. The molecule has 3 rings (SSSR count). The number of amides is 2. The zero-order valence-electron chi connectivity index (χ0n) is 18.9. The zero-order chi connectivity index (χ0) is 23.6. The average molecular weight is 474 g/mol. The summed E-state index contributed by atoms with van der Waals surface area (Å²) in [5.74, 6) is -0.234. The van der Waals surface area contributed by atoms with E-state index in [0.717, 1.165) is 16.0 Å². The maximum Gasteiger partial charge on any atom is 0.410 e. The largest absolute Gasteiger partial charge is 0.444 e. The molecule has 0 aliphatic carbocycles. The van der Waals surface area contributed by atoms with Gasteiger partial charge in [0.05, 0.1) is 18.5 Å². The number of thiophene rings is 1. The van der Waals surface area contributed by atoms with Crippen LogP contribution in [-0.4, -0.2) is 39.0 Å². The Bertz CT molecular complexity index is 1090. The smallest absolute Gasteiger partial charge is 0.410 e. The van der Waals surface area contributed by atoms with Crippen LogP contribution in [0.4, 0.5) is 9.80 Å². The van der Waals surface area contributed by atoms with Gasteiger partial charge in [0.15, 0.2) is 0 Å². The third-order valence-electron chi connectivity index (χ3n) is 5.04. The van der Waals surface area contributed by atoms with Crippen molar-refractivity contribution in [3.05, 3.63) is 45.8 Å². The van der Waals surface area contributed by atoms with Crippen LogP contribution in [0.2, 0.25) is 0 Å². The van der Waals surface area contributed by atoms with Gasteiger partial charge in [-0.3, -0.25) is 9.00 Å². The monoisotopic (exact) mass is 473 g/mol. The number of rotatable bonds is 4. The van der Waals surface area contributed by atoms with Crippen molar-refractivity contribution in [2.24, 2.45) is 0 Å². The van der Waals surface area contributed by atoms with Crippen LogP contribution >= 0.6 is 11.3 Å². The van der Waals surface area contributed by atoms with Gasteiger partial charge in [-0.1, -0.05) is 12.1 Å². The molecule has 7 nitrogen and oxygen atoms in total. The first kappa shape index (κ1) is 24.0. The normalized spacial score (nSPS) is 16.6. The van der Waals surface area contributed by atoms with Gasteiger partial charge in [-0.05, 0) is 45.4 Å². The molecule has 9 heteroatoms. The third kappa shape index (κ3) is 5.56. The fourth-order valence-electron chi connectivity index (χ4n) is 3.48. The van der Waals surface area contributed by atoms with Gasteiger partial charge in [0.25, 0.3) is 0 Å². The second-order valence-electron chi connectivity index (χ2n) is 8.80. The first-order valence-electron chi connectivity index (χ1n) is 10.2. The summed E-state index contributed by atoms with van der Waals surface area (Å²) in [4.78, 5) is 28.6. The van der Waals surface area contributed by atoms with Crippen LogP contribution in [0.1, 0.15) is 49.3 Å². The maximum atomic E-state index is 12.6. The van der Waals surface area contributed by atoms with Gasteiger partial charge in [-0.15, -0.1) is 11.3 Å². The van der Waals surface area contributed by atoms with E-state index in [-0.39, 0.29) is 24.9 Å². The van der Waals surface area contributed by atoms with E-state index in [9.17, 15) is 19.1 Å². The highest BCUT2D eigenvalue weighted by Crippen LogP contribution is 2.38. The Labute approximate surface area is 194 Å². The van der Waals surface area contributed by atoms with Crippen molar-refractivity contribution < 1.29 is 18.5 Å². The lowest BCUT2D eigenvalue weighted by atomic mass is 10.0. The molecule has 0 radical (unpaired) electrons. The van der Waals surface area contributed by atoms with Gasteiger partial charge >= 0.3 is 6.09 Å². The summed E-state index contributed by atoms with van der Waals surface area (Å²) in [7, 11) is -1.07. The van der Waals surface area contributed by atoms with Gasteiger partial charge in [0.2, 0.25) is 5.91 Å². The number of carbonyl (C=O) groups is 2. The van der Waals surface area contributed by atoms with E-state index >= 15 is 0 Å². The molecule has 2 unspecified atom stereocenters. The molecule has 1 aromatic carbocycles. The highest BCUT2D eigenvalue weighted by atomic mass is 32.2. The lowest BCUT2D eigenvalue weighted by Crippen LogP contribution is -2.44. The summed E-state index contributed by atoms with van der Waals surface area (Å²) in [6.07, 6.45) is 1.94. The van der Waals surface area contributed by atoms with Gasteiger partial charge in [-0.2, -0.15) is 5.26 Å².